The number of piperazine rings is 1. The third-order valence-corrected chi connectivity index (χ3v) is 5.89. The van der Waals surface area contributed by atoms with E-state index >= 15 is 0 Å². The van der Waals surface area contributed by atoms with E-state index in [1.54, 1.807) is 12.1 Å². The van der Waals surface area contributed by atoms with Crippen molar-refractivity contribution in [1.29, 1.82) is 0 Å². The number of hydrogen-bond acceptors (Lipinski definition) is 6. The van der Waals surface area contributed by atoms with Gasteiger partial charge in [0.1, 0.15) is 5.82 Å². The number of anilines is 1. The molecule has 0 spiro atoms. The zero-order valence-electron chi connectivity index (χ0n) is 17.7. The van der Waals surface area contributed by atoms with Crippen LogP contribution in [-0.4, -0.2) is 50.7 Å². The Morgan fingerprint density at radius 1 is 1.21 bits per heavy atom. The van der Waals surface area contributed by atoms with Gasteiger partial charge >= 0.3 is 11.9 Å². The second-order valence-corrected chi connectivity index (χ2v) is 8.16. The molecule has 0 amide bonds. The van der Waals surface area contributed by atoms with Gasteiger partial charge in [-0.25, -0.2) is 9.78 Å². The lowest BCUT2D eigenvalue weighted by atomic mass is 10.1. The number of nitrogens with one attached hydrogen (secondary N) is 2. The highest BCUT2D eigenvalue weighted by Crippen LogP contribution is 2.30. The van der Waals surface area contributed by atoms with Crippen LogP contribution in [-0.2, 0) is 12.7 Å². The molecule has 1 aliphatic rings. The molecule has 1 aromatic carbocycles. The van der Waals surface area contributed by atoms with Crippen molar-refractivity contribution in [1.82, 2.24) is 25.1 Å². The van der Waals surface area contributed by atoms with Crippen LogP contribution < -0.4 is 10.7 Å². The monoisotopic (exact) mass is 458 g/mol. The molecule has 0 radical (unpaired) electrons. The van der Waals surface area contributed by atoms with Crippen molar-refractivity contribution >= 4 is 16.9 Å². The Bertz CT molecular complexity index is 1320. The van der Waals surface area contributed by atoms with Gasteiger partial charge in [-0.05, 0) is 31.2 Å². The maximum atomic E-state index is 12.8. The van der Waals surface area contributed by atoms with Crippen LogP contribution >= 0.6 is 0 Å². The maximum Gasteiger partial charge on any atom is 0.417 e. The van der Waals surface area contributed by atoms with Crippen molar-refractivity contribution in [2.45, 2.75) is 25.7 Å². The van der Waals surface area contributed by atoms with E-state index in [0.29, 0.717) is 30.0 Å². The van der Waals surface area contributed by atoms with E-state index in [9.17, 15) is 18.0 Å². The molecule has 8 nitrogen and oxygen atoms in total. The number of hydrogen-bond donors (Lipinski definition) is 2. The van der Waals surface area contributed by atoms with Crippen molar-refractivity contribution in [3.63, 3.8) is 0 Å². The highest BCUT2D eigenvalue weighted by Gasteiger charge is 2.32. The second kappa shape index (κ2) is 8.07. The number of fused-ring (bicyclic) bond motifs is 1. The minimum atomic E-state index is -4.39. The third-order valence-electron chi connectivity index (χ3n) is 5.89. The molecule has 4 heterocycles. The zero-order valence-corrected chi connectivity index (χ0v) is 17.7. The summed E-state index contributed by atoms with van der Waals surface area (Å²) in [6.07, 6.45) is -1.66. The molecule has 0 aliphatic carbocycles. The van der Waals surface area contributed by atoms with Gasteiger partial charge in [0.2, 0.25) is 0 Å². The zero-order chi connectivity index (χ0) is 23.2. The number of oxazole rings is 1. The number of H-pyrrole nitrogens is 2. The van der Waals surface area contributed by atoms with E-state index in [0.717, 1.165) is 42.2 Å². The Morgan fingerprint density at radius 2 is 2.06 bits per heavy atom. The van der Waals surface area contributed by atoms with Crippen LogP contribution in [0.15, 0.2) is 51.9 Å². The number of aromatic amines is 2. The molecule has 1 atom stereocenters. The number of nitrogens with zero attached hydrogens (tertiary/aromatic N) is 4. The highest BCUT2D eigenvalue weighted by molar-refractivity contribution is 5.79. The normalized spacial score (nSPS) is 17.7. The van der Waals surface area contributed by atoms with Crippen LogP contribution in [0.5, 0.6) is 0 Å². The van der Waals surface area contributed by atoms with Crippen molar-refractivity contribution < 1.29 is 17.6 Å². The SMILES string of the molecule is CC1CN(Cc2c[nH]nc2-c2ccc3[nH]c(=O)oc3c2)CCN1c1ccc(C(F)(F)F)cn1. The van der Waals surface area contributed by atoms with Gasteiger partial charge in [0.15, 0.2) is 5.58 Å². The molecule has 33 heavy (non-hydrogen) atoms. The van der Waals surface area contributed by atoms with E-state index in [2.05, 4.69) is 25.1 Å². The summed E-state index contributed by atoms with van der Waals surface area (Å²) in [4.78, 5) is 22.4. The Kier molecular flexibility index (Phi) is 5.20. The van der Waals surface area contributed by atoms with Crippen molar-refractivity contribution in [3.8, 4) is 11.3 Å². The predicted octanol–water partition coefficient (Wildman–Crippen LogP) is 3.64. The lowest BCUT2D eigenvalue weighted by Crippen LogP contribution is -2.51. The molecule has 3 aromatic heterocycles. The molecule has 0 bridgehead atoms. The molecule has 1 saturated heterocycles. The van der Waals surface area contributed by atoms with Gasteiger partial charge in [0.05, 0.1) is 16.8 Å². The second-order valence-electron chi connectivity index (χ2n) is 8.16. The molecule has 4 aromatic rings. The quantitative estimate of drug-likeness (QED) is 0.485. The van der Waals surface area contributed by atoms with E-state index < -0.39 is 17.5 Å². The first-order chi connectivity index (χ1) is 15.8. The fraction of sp³-hybridized carbons (Fsp3) is 0.318. The summed E-state index contributed by atoms with van der Waals surface area (Å²) in [5, 5.41) is 7.29. The van der Waals surface area contributed by atoms with E-state index in [1.165, 1.54) is 6.07 Å². The average Bonchev–Trinajstić information content (AvgIpc) is 3.38. The summed E-state index contributed by atoms with van der Waals surface area (Å²) in [6.45, 7) is 4.78. The van der Waals surface area contributed by atoms with Crippen LogP contribution in [0.3, 0.4) is 0 Å². The van der Waals surface area contributed by atoms with Crippen LogP contribution in [0, 0.1) is 0 Å². The van der Waals surface area contributed by atoms with Crippen LogP contribution in [0.1, 0.15) is 18.1 Å². The number of halogens is 3. The Morgan fingerprint density at radius 3 is 2.79 bits per heavy atom. The van der Waals surface area contributed by atoms with Gasteiger partial charge in [-0.3, -0.25) is 15.0 Å². The van der Waals surface area contributed by atoms with E-state index in [1.807, 2.05) is 24.1 Å². The standard InChI is InChI=1S/C22H21F3N6O2/c1-13-11-30(6-7-31(13)19-5-3-16(10-26-19)22(23,24)25)12-15-9-27-29-20(15)14-2-4-17-18(8-14)33-21(32)28-17/h2-5,8-10,13H,6-7,11-12H2,1H3,(H,27,29)(H,28,32). The molecule has 1 fully saturated rings. The summed E-state index contributed by atoms with van der Waals surface area (Å²) < 4.78 is 43.6. The Balaban J connectivity index is 1.28. The first kappa shape index (κ1) is 21.3. The first-order valence-corrected chi connectivity index (χ1v) is 10.5. The molecular formula is C22H21F3N6O2. The van der Waals surface area contributed by atoms with Crippen LogP contribution in [0.4, 0.5) is 19.0 Å². The topological polar surface area (TPSA) is 94.0 Å². The average molecular weight is 458 g/mol. The molecule has 1 unspecified atom stereocenters. The van der Waals surface area contributed by atoms with Gasteiger partial charge in [-0.1, -0.05) is 6.07 Å². The van der Waals surface area contributed by atoms with Gasteiger partial charge in [-0.2, -0.15) is 18.3 Å². The lowest BCUT2D eigenvalue weighted by molar-refractivity contribution is -0.137. The minimum Gasteiger partial charge on any atom is -0.408 e. The molecule has 5 rings (SSSR count). The molecule has 2 N–H and O–H groups in total. The molecule has 172 valence electrons. The number of pyridine rings is 1. The highest BCUT2D eigenvalue weighted by atomic mass is 19.4. The van der Waals surface area contributed by atoms with Crippen molar-refractivity contribution in [3.05, 3.63) is 64.4 Å². The summed E-state index contributed by atoms with van der Waals surface area (Å²) in [5.41, 5.74) is 2.96. The van der Waals surface area contributed by atoms with Gasteiger partial charge < -0.3 is 9.32 Å². The summed E-state index contributed by atoms with van der Waals surface area (Å²) >= 11 is 0. The largest absolute Gasteiger partial charge is 0.417 e. The molecule has 1 aliphatic heterocycles. The predicted molar refractivity (Wildman–Crippen MR) is 116 cm³/mol. The Hall–Kier alpha value is -3.60. The number of alkyl halides is 3. The third kappa shape index (κ3) is 4.23. The lowest BCUT2D eigenvalue weighted by Gasteiger charge is -2.40. The molecule has 0 saturated carbocycles. The molecule has 11 heteroatoms. The summed E-state index contributed by atoms with van der Waals surface area (Å²) in [5.74, 6) is 0.0410. The van der Waals surface area contributed by atoms with Gasteiger partial charge in [0.25, 0.3) is 0 Å². The minimum absolute atomic E-state index is 0.0730. The number of rotatable bonds is 4. The number of aromatic nitrogens is 4. The van der Waals surface area contributed by atoms with Crippen molar-refractivity contribution in [2.24, 2.45) is 0 Å². The fourth-order valence-corrected chi connectivity index (χ4v) is 4.26. The smallest absolute Gasteiger partial charge is 0.408 e. The number of benzene rings is 1. The van der Waals surface area contributed by atoms with Crippen LogP contribution in [0.25, 0.3) is 22.4 Å². The fourth-order valence-electron chi connectivity index (χ4n) is 4.26. The summed E-state index contributed by atoms with van der Waals surface area (Å²) in [6, 6.07) is 8.02. The Labute approximate surface area is 186 Å². The van der Waals surface area contributed by atoms with Gasteiger partial charge in [-0.15, -0.1) is 0 Å². The van der Waals surface area contributed by atoms with Crippen molar-refractivity contribution in [2.75, 3.05) is 24.5 Å². The van der Waals surface area contributed by atoms with Crippen LogP contribution in [0.2, 0.25) is 0 Å². The van der Waals surface area contributed by atoms with E-state index in [-0.39, 0.29) is 6.04 Å². The molecular weight excluding hydrogens is 437 g/mol. The maximum absolute atomic E-state index is 12.8. The first-order valence-electron chi connectivity index (χ1n) is 10.5. The van der Waals surface area contributed by atoms with E-state index in [4.69, 9.17) is 4.42 Å². The van der Waals surface area contributed by atoms with Gasteiger partial charge in [0, 0.05) is 55.7 Å². The summed E-state index contributed by atoms with van der Waals surface area (Å²) in [7, 11) is 0.